The van der Waals surface area contributed by atoms with Gasteiger partial charge in [-0.2, -0.15) is 5.26 Å². The summed E-state index contributed by atoms with van der Waals surface area (Å²) in [6, 6.07) is 9.30. The maximum atomic E-state index is 12.4. The van der Waals surface area contributed by atoms with E-state index in [2.05, 4.69) is 6.07 Å². The quantitative estimate of drug-likeness (QED) is 0.833. The number of carbonyl (C=O) groups excluding carboxylic acids is 1. The summed E-state index contributed by atoms with van der Waals surface area (Å²) in [6.45, 7) is 0. The van der Waals surface area contributed by atoms with Gasteiger partial charge in [-0.3, -0.25) is 4.79 Å². The molecule has 1 aromatic rings. The topological polar surface area (TPSA) is 40.9 Å². The first-order valence-electron chi connectivity index (χ1n) is 6.42. The third-order valence-electron chi connectivity index (χ3n) is 4.36. The fourth-order valence-electron chi connectivity index (χ4n) is 3.43. The van der Waals surface area contributed by atoms with E-state index in [1.54, 1.807) is 12.1 Å². The van der Waals surface area contributed by atoms with Crippen LogP contribution >= 0.6 is 11.6 Å². The minimum absolute atomic E-state index is 0.0836. The zero-order valence-electron chi connectivity index (χ0n) is 9.97. The SMILES string of the molecule is N#CC(C(=O)C1C2CCCC21)c1ccccc1Cl. The van der Waals surface area contributed by atoms with Crippen LogP contribution in [0.25, 0.3) is 0 Å². The average Bonchev–Trinajstić information content (AvgIpc) is 2.86. The number of benzene rings is 1. The third kappa shape index (κ3) is 1.74. The van der Waals surface area contributed by atoms with E-state index in [4.69, 9.17) is 11.6 Å². The molecule has 1 aromatic carbocycles. The van der Waals surface area contributed by atoms with Crippen LogP contribution < -0.4 is 0 Å². The summed E-state index contributed by atoms with van der Waals surface area (Å²) in [5.74, 6) is 0.626. The van der Waals surface area contributed by atoms with Crippen LogP contribution in [-0.4, -0.2) is 5.78 Å². The number of Topliss-reactive ketones (excluding diaryl/α,β-unsaturated/α-hetero) is 1. The molecular weight excluding hydrogens is 246 g/mol. The summed E-state index contributed by atoms with van der Waals surface area (Å²) in [5.41, 5.74) is 0.664. The number of hydrogen-bond donors (Lipinski definition) is 0. The Morgan fingerprint density at radius 1 is 1.33 bits per heavy atom. The van der Waals surface area contributed by atoms with Crippen LogP contribution in [0.5, 0.6) is 0 Å². The van der Waals surface area contributed by atoms with Gasteiger partial charge in [-0.05, 0) is 36.3 Å². The molecule has 0 spiro atoms. The molecule has 3 atom stereocenters. The number of ketones is 1. The molecule has 0 N–H and O–H groups in total. The van der Waals surface area contributed by atoms with Gasteiger partial charge in [-0.25, -0.2) is 0 Å². The Bertz CT molecular complexity index is 524. The van der Waals surface area contributed by atoms with Crippen LogP contribution in [0, 0.1) is 29.1 Å². The molecule has 0 bridgehead atoms. The highest BCUT2D eigenvalue weighted by molar-refractivity contribution is 6.31. The molecule has 18 heavy (non-hydrogen) atoms. The van der Waals surface area contributed by atoms with E-state index in [0.29, 0.717) is 22.4 Å². The van der Waals surface area contributed by atoms with Crippen molar-refractivity contribution in [2.24, 2.45) is 17.8 Å². The second kappa shape index (κ2) is 4.40. The van der Waals surface area contributed by atoms with E-state index in [9.17, 15) is 10.1 Å². The lowest BCUT2D eigenvalue weighted by Gasteiger charge is -2.11. The Labute approximate surface area is 112 Å². The molecule has 0 amide bonds. The lowest BCUT2D eigenvalue weighted by molar-refractivity contribution is -0.121. The van der Waals surface area contributed by atoms with Crippen molar-refractivity contribution in [2.45, 2.75) is 25.2 Å². The van der Waals surface area contributed by atoms with Crippen LogP contribution in [-0.2, 0) is 4.79 Å². The molecule has 0 radical (unpaired) electrons. The molecule has 0 aliphatic heterocycles. The first-order valence-corrected chi connectivity index (χ1v) is 6.79. The van der Waals surface area contributed by atoms with Crippen LogP contribution in [0.4, 0.5) is 0 Å². The van der Waals surface area contributed by atoms with E-state index >= 15 is 0 Å². The predicted molar refractivity (Wildman–Crippen MR) is 69.1 cm³/mol. The molecule has 2 saturated carbocycles. The van der Waals surface area contributed by atoms with Gasteiger partial charge in [0.15, 0.2) is 5.78 Å². The van der Waals surface area contributed by atoms with Crippen LogP contribution in [0.15, 0.2) is 24.3 Å². The van der Waals surface area contributed by atoms with E-state index in [1.165, 1.54) is 6.42 Å². The Balaban J connectivity index is 1.84. The lowest BCUT2D eigenvalue weighted by atomic mass is 9.91. The highest BCUT2D eigenvalue weighted by atomic mass is 35.5. The highest BCUT2D eigenvalue weighted by Gasteiger charge is 2.57. The Hall–Kier alpha value is -1.33. The molecule has 0 saturated heterocycles. The average molecular weight is 260 g/mol. The van der Waals surface area contributed by atoms with Crippen molar-refractivity contribution in [2.75, 3.05) is 0 Å². The monoisotopic (exact) mass is 259 g/mol. The summed E-state index contributed by atoms with van der Waals surface area (Å²) in [5, 5.41) is 9.80. The van der Waals surface area contributed by atoms with Crippen molar-refractivity contribution in [1.29, 1.82) is 5.26 Å². The Kier molecular flexibility index (Phi) is 2.87. The highest BCUT2D eigenvalue weighted by Crippen LogP contribution is 2.59. The van der Waals surface area contributed by atoms with Crippen LogP contribution in [0.3, 0.4) is 0 Å². The number of nitrogens with zero attached hydrogens (tertiary/aromatic N) is 1. The molecule has 0 aromatic heterocycles. The molecular formula is C15H14ClNO. The molecule has 92 valence electrons. The summed E-state index contributed by atoms with van der Waals surface area (Å²) in [7, 11) is 0. The molecule has 3 rings (SSSR count). The van der Waals surface area contributed by atoms with Gasteiger partial charge < -0.3 is 0 Å². The first kappa shape index (κ1) is 11.7. The molecule has 2 fully saturated rings. The largest absolute Gasteiger partial charge is 0.298 e. The maximum absolute atomic E-state index is 12.4. The predicted octanol–water partition coefficient (Wildman–Crippen LogP) is 3.56. The Morgan fingerprint density at radius 3 is 2.61 bits per heavy atom. The molecule has 3 unspecified atom stereocenters. The normalized spacial score (nSPS) is 30.3. The van der Waals surface area contributed by atoms with Crippen LogP contribution in [0.1, 0.15) is 30.7 Å². The summed E-state index contributed by atoms with van der Waals surface area (Å²) >= 11 is 6.08. The number of halogens is 1. The van der Waals surface area contributed by atoms with Crippen molar-refractivity contribution < 1.29 is 4.79 Å². The zero-order chi connectivity index (χ0) is 12.7. The van der Waals surface area contributed by atoms with Gasteiger partial charge in [0.1, 0.15) is 5.92 Å². The van der Waals surface area contributed by atoms with Gasteiger partial charge in [-0.15, -0.1) is 0 Å². The molecule has 2 aliphatic rings. The molecule has 0 heterocycles. The van der Waals surface area contributed by atoms with E-state index in [1.807, 2.05) is 12.1 Å². The number of carbonyl (C=O) groups is 1. The van der Waals surface area contributed by atoms with Gasteiger partial charge in [-0.1, -0.05) is 36.2 Å². The fraction of sp³-hybridized carbons (Fsp3) is 0.467. The second-order valence-electron chi connectivity index (χ2n) is 5.27. The minimum atomic E-state index is -0.686. The Morgan fingerprint density at radius 2 is 2.00 bits per heavy atom. The van der Waals surface area contributed by atoms with Crippen molar-refractivity contribution in [3.63, 3.8) is 0 Å². The van der Waals surface area contributed by atoms with E-state index in [-0.39, 0.29) is 11.7 Å². The third-order valence-corrected chi connectivity index (χ3v) is 4.71. The maximum Gasteiger partial charge on any atom is 0.158 e. The lowest BCUT2D eigenvalue weighted by Crippen LogP contribution is -2.16. The van der Waals surface area contributed by atoms with Gasteiger partial charge >= 0.3 is 0 Å². The number of rotatable bonds is 3. The van der Waals surface area contributed by atoms with Crippen molar-refractivity contribution >= 4 is 17.4 Å². The van der Waals surface area contributed by atoms with Gasteiger partial charge in [0, 0.05) is 10.9 Å². The number of fused-ring (bicyclic) bond motifs is 1. The minimum Gasteiger partial charge on any atom is -0.298 e. The number of nitriles is 1. The van der Waals surface area contributed by atoms with E-state index < -0.39 is 5.92 Å². The fourth-order valence-corrected chi connectivity index (χ4v) is 3.68. The molecule has 2 aliphatic carbocycles. The number of hydrogen-bond acceptors (Lipinski definition) is 2. The first-order chi connectivity index (χ1) is 8.74. The summed E-state index contributed by atoms with van der Waals surface area (Å²) in [6.07, 6.45) is 3.55. The van der Waals surface area contributed by atoms with Crippen molar-refractivity contribution in [1.82, 2.24) is 0 Å². The smallest absolute Gasteiger partial charge is 0.158 e. The van der Waals surface area contributed by atoms with Gasteiger partial charge in [0.05, 0.1) is 6.07 Å². The zero-order valence-corrected chi connectivity index (χ0v) is 10.7. The summed E-state index contributed by atoms with van der Waals surface area (Å²) < 4.78 is 0. The second-order valence-corrected chi connectivity index (χ2v) is 5.68. The summed E-state index contributed by atoms with van der Waals surface area (Å²) in [4.78, 5) is 12.4. The van der Waals surface area contributed by atoms with Gasteiger partial charge in [0.25, 0.3) is 0 Å². The van der Waals surface area contributed by atoms with E-state index in [0.717, 1.165) is 12.8 Å². The van der Waals surface area contributed by atoms with Gasteiger partial charge in [0.2, 0.25) is 0 Å². The van der Waals surface area contributed by atoms with Crippen molar-refractivity contribution in [3.8, 4) is 6.07 Å². The van der Waals surface area contributed by atoms with Crippen molar-refractivity contribution in [3.05, 3.63) is 34.9 Å². The molecule has 2 nitrogen and oxygen atoms in total. The van der Waals surface area contributed by atoms with Crippen LogP contribution in [0.2, 0.25) is 5.02 Å². The molecule has 3 heteroatoms. The standard InChI is InChI=1S/C15H14ClNO/c16-13-7-2-1-4-9(13)12(8-17)15(18)14-10-5-3-6-11(10)14/h1-2,4,7,10-12,14H,3,5-6H2.